The van der Waals surface area contributed by atoms with Crippen LogP contribution in [0.15, 0.2) is 12.3 Å². The Morgan fingerprint density at radius 3 is 3.20 bits per heavy atom. The predicted molar refractivity (Wildman–Crippen MR) is 46.1 cm³/mol. The molecular weight excluding hydrogens is 245 g/mol. The van der Waals surface area contributed by atoms with E-state index in [0.717, 1.165) is 0 Å². The highest BCUT2D eigenvalue weighted by molar-refractivity contribution is 14.1. The number of hydrogen-bond acceptors (Lipinski definition) is 2. The molecule has 0 saturated carbocycles. The van der Waals surface area contributed by atoms with Gasteiger partial charge in [-0.05, 0) is 0 Å². The summed E-state index contributed by atoms with van der Waals surface area (Å²) in [6, 6.07) is 1.70. The van der Waals surface area contributed by atoms with Gasteiger partial charge < -0.3 is 5.32 Å². The zero-order valence-corrected chi connectivity index (χ0v) is 7.25. The second-order valence-electron chi connectivity index (χ2n) is 1.65. The lowest BCUT2D eigenvalue weighted by atomic mass is 10.6. The van der Waals surface area contributed by atoms with Crippen LogP contribution in [0.1, 0.15) is 0 Å². The Balaban J connectivity index is 2.48. The van der Waals surface area contributed by atoms with Crippen molar-refractivity contribution in [1.82, 2.24) is 10.2 Å². The van der Waals surface area contributed by atoms with Crippen LogP contribution < -0.4 is 5.32 Å². The number of H-pyrrole nitrogens is 1. The van der Waals surface area contributed by atoms with Gasteiger partial charge in [0.1, 0.15) is 5.82 Å². The zero-order valence-electron chi connectivity index (χ0n) is 5.10. The summed E-state index contributed by atoms with van der Waals surface area (Å²) in [5.41, 5.74) is 0. The van der Waals surface area contributed by atoms with Gasteiger partial charge in [0.15, 0.2) is 0 Å². The molecule has 0 unspecified atom stereocenters. The second kappa shape index (κ2) is 3.55. The van der Waals surface area contributed by atoms with Crippen molar-refractivity contribution in [2.24, 2.45) is 0 Å². The molecule has 0 spiro atoms. The van der Waals surface area contributed by atoms with Crippen LogP contribution in [0.2, 0.25) is 0 Å². The summed E-state index contributed by atoms with van der Waals surface area (Å²) in [5.74, 6) is 0.617. The van der Waals surface area contributed by atoms with Gasteiger partial charge in [-0.2, -0.15) is 5.10 Å². The molecule has 0 saturated heterocycles. The van der Waals surface area contributed by atoms with Gasteiger partial charge in [-0.3, -0.25) is 9.89 Å². The van der Waals surface area contributed by atoms with Crippen molar-refractivity contribution in [2.45, 2.75) is 0 Å². The summed E-state index contributed by atoms with van der Waals surface area (Å²) in [6.45, 7) is 0. The van der Waals surface area contributed by atoms with Gasteiger partial charge in [-0.1, -0.05) is 22.6 Å². The molecule has 0 aliphatic rings. The first-order valence-corrected chi connectivity index (χ1v) is 4.20. The molecule has 10 heavy (non-hydrogen) atoms. The van der Waals surface area contributed by atoms with Gasteiger partial charge in [-0.15, -0.1) is 0 Å². The van der Waals surface area contributed by atoms with Crippen molar-refractivity contribution in [3.8, 4) is 0 Å². The Morgan fingerprint density at radius 2 is 2.70 bits per heavy atom. The van der Waals surface area contributed by atoms with Gasteiger partial charge in [0, 0.05) is 6.07 Å². The fraction of sp³-hybridized carbons (Fsp3) is 0.200. The number of alkyl halides is 1. The molecule has 1 aromatic heterocycles. The van der Waals surface area contributed by atoms with Crippen molar-refractivity contribution in [1.29, 1.82) is 0 Å². The minimum atomic E-state index is -0.0233. The topological polar surface area (TPSA) is 57.8 Å². The normalized spacial score (nSPS) is 9.30. The first kappa shape index (κ1) is 7.52. The summed E-state index contributed by atoms with van der Waals surface area (Å²) >= 11 is 1.99. The van der Waals surface area contributed by atoms with Gasteiger partial charge in [0.25, 0.3) is 0 Å². The standard InChI is InChI=1S/C5H6IN3O/c6-3-5(10)8-4-1-2-7-9-4/h1-2H,3H2,(H2,7,8,9,10). The van der Waals surface area contributed by atoms with E-state index >= 15 is 0 Å². The van der Waals surface area contributed by atoms with Crippen LogP contribution >= 0.6 is 22.6 Å². The SMILES string of the molecule is O=C(CI)Nc1ccn[nH]1. The minimum Gasteiger partial charge on any atom is -0.310 e. The zero-order chi connectivity index (χ0) is 7.40. The van der Waals surface area contributed by atoms with Gasteiger partial charge in [-0.25, -0.2) is 0 Å². The average Bonchev–Trinajstić information content (AvgIpc) is 2.40. The van der Waals surface area contributed by atoms with Gasteiger partial charge >= 0.3 is 0 Å². The number of hydrogen-bond donors (Lipinski definition) is 2. The quantitative estimate of drug-likeness (QED) is 0.602. The Labute approximate surface area is 71.5 Å². The summed E-state index contributed by atoms with van der Waals surface area (Å²) < 4.78 is 0.455. The van der Waals surface area contributed by atoms with Crippen molar-refractivity contribution in [3.63, 3.8) is 0 Å². The lowest BCUT2D eigenvalue weighted by molar-refractivity contribution is -0.113. The van der Waals surface area contributed by atoms with Crippen LogP contribution in [0, 0.1) is 0 Å². The smallest absolute Gasteiger partial charge is 0.235 e. The summed E-state index contributed by atoms with van der Waals surface area (Å²) in [7, 11) is 0. The molecule has 1 aromatic rings. The number of rotatable bonds is 2. The summed E-state index contributed by atoms with van der Waals surface area (Å²) in [4.78, 5) is 10.7. The molecule has 0 aliphatic heterocycles. The molecule has 1 rings (SSSR count). The second-order valence-corrected chi connectivity index (χ2v) is 2.41. The monoisotopic (exact) mass is 251 g/mol. The lowest BCUT2D eigenvalue weighted by Crippen LogP contribution is -2.12. The highest BCUT2D eigenvalue weighted by Gasteiger charge is 1.97. The third-order valence-corrected chi connectivity index (χ3v) is 1.59. The largest absolute Gasteiger partial charge is 0.310 e. The van der Waals surface area contributed by atoms with Crippen molar-refractivity contribution in [3.05, 3.63) is 12.3 Å². The van der Waals surface area contributed by atoms with E-state index in [-0.39, 0.29) is 5.91 Å². The van der Waals surface area contributed by atoms with E-state index in [1.54, 1.807) is 12.3 Å². The molecule has 0 atom stereocenters. The Hall–Kier alpha value is -0.590. The number of anilines is 1. The first-order valence-electron chi connectivity index (χ1n) is 2.68. The minimum absolute atomic E-state index is 0.0233. The predicted octanol–water partition coefficient (Wildman–Crippen LogP) is 0.783. The van der Waals surface area contributed by atoms with Crippen LogP contribution in [0.5, 0.6) is 0 Å². The van der Waals surface area contributed by atoms with E-state index in [2.05, 4.69) is 15.5 Å². The molecule has 4 nitrogen and oxygen atoms in total. The number of nitrogens with one attached hydrogen (secondary N) is 2. The first-order chi connectivity index (χ1) is 4.83. The number of aromatic amines is 1. The molecule has 0 aliphatic carbocycles. The van der Waals surface area contributed by atoms with E-state index in [0.29, 0.717) is 10.2 Å². The summed E-state index contributed by atoms with van der Waals surface area (Å²) in [5, 5.41) is 8.89. The number of carbonyl (C=O) groups excluding carboxylic acids is 1. The maximum atomic E-state index is 10.7. The van der Waals surface area contributed by atoms with Crippen molar-refractivity contribution >= 4 is 34.3 Å². The van der Waals surface area contributed by atoms with Crippen LogP contribution in [-0.2, 0) is 4.79 Å². The molecule has 5 heteroatoms. The van der Waals surface area contributed by atoms with E-state index in [4.69, 9.17) is 0 Å². The number of halogens is 1. The van der Waals surface area contributed by atoms with E-state index in [1.165, 1.54) is 0 Å². The third kappa shape index (κ3) is 1.98. The van der Waals surface area contributed by atoms with Crippen LogP contribution in [0.3, 0.4) is 0 Å². The van der Waals surface area contributed by atoms with Crippen molar-refractivity contribution < 1.29 is 4.79 Å². The van der Waals surface area contributed by atoms with Gasteiger partial charge in [0.2, 0.25) is 5.91 Å². The maximum Gasteiger partial charge on any atom is 0.235 e. The molecule has 0 bridgehead atoms. The third-order valence-electron chi connectivity index (χ3n) is 0.896. The van der Waals surface area contributed by atoms with Crippen LogP contribution in [-0.4, -0.2) is 20.5 Å². The molecule has 1 amide bonds. The maximum absolute atomic E-state index is 10.7. The fourth-order valence-electron chi connectivity index (χ4n) is 0.509. The molecule has 0 radical (unpaired) electrons. The Morgan fingerprint density at radius 1 is 1.90 bits per heavy atom. The number of amides is 1. The average molecular weight is 251 g/mol. The molecule has 0 aromatic carbocycles. The summed E-state index contributed by atoms with van der Waals surface area (Å²) in [6.07, 6.45) is 1.59. The molecule has 2 N–H and O–H groups in total. The van der Waals surface area contributed by atoms with E-state index < -0.39 is 0 Å². The number of nitrogens with zero attached hydrogens (tertiary/aromatic N) is 1. The number of carbonyl (C=O) groups is 1. The van der Waals surface area contributed by atoms with Gasteiger partial charge in [0.05, 0.1) is 10.6 Å². The van der Waals surface area contributed by atoms with E-state index in [1.807, 2.05) is 22.6 Å². The Kier molecular flexibility index (Phi) is 2.67. The van der Waals surface area contributed by atoms with Crippen LogP contribution in [0.4, 0.5) is 5.82 Å². The molecule has 0 fully saturated rings. The Bertz CT molecular complexity index is 209. The fourth-order valence-corrected chi connectivity index (χ4v) is 0.700. The van der Waals surface area contributed by atoms with Crippen LogP contribution in [0.25, 0.3) is 0 Å². The lowest BCUT2D eigenvalue weighted by Gasteiger charge is -1.95. The van der Waals surface area contributed by atoms with Crippen molar-refractivity contribution in [2.75, 3.05) is 9.74 Å². The number of aromatic nitrogens is 2. The van der Waals surface area contributed by atoms with E-state index in [9.17, 15) is 4.79 Å². The highest BCUT2D eigenvalue weighted by Crippen LogP contribution is 1.98. The molecular formula is C5H6IN3O. The molecule has 1 heterocycles. The molecule has 54 valence electrons. The highest BCUT2D eigenvalue weighted by atomic mass is 127.